The Morgan fingerprint density at radius 3 is 2.11 bits per heavy atom. The zero-order valence-corrected chi connectivity index (χ0v) is 26.3. The van der Waals surface area contributed by atoms with Crippen molar-refractivity contribution in [1.82, 2.24) is 4.98 Å². The number of allylic oxidation sites excluding steroid dienone is 2. The van der Waals surface area contributed by atoms with Crippen LogP contribution in [0, 0.1) is 16.9 Å². The molecule has 0 unspecified atom stereocenters. The molecule has 1 heterocycles. The van der Waals surface area contributed by atoms with E-state index in [0.29, 0.717) is 0 Å². The van der Waals surface area contributed by atoms with E-state index in [1.165, 1.54) is 90.5 Å². The number of ketones is 1. The van der Waals surface area contributed by atoms with Gasteiger partial charge in [-0.15, -0.1) is 34.9 Å². The second-order valence-corrected chi connectivity index (χ2v) is 12.7. The summed E-state index contributed by atoms with van der Waals surface area (Å²) < 4.78 is 0. The Balaban J connectivity index is 0.000000248. The van der Waals surface area contributed by atoms with Crippen LogP contribution in [0.3, 0.4) is 0 Å². The van der Waals surface area contributed by atoms with E-state index in [0.717, 1.165) is 5.69 Å². The number of fused-ring (bicyclic) bond motifs is 3. The number of aryl methyl sites for hydroxylation is 3. The minimum atomic E-state index is -0.306. The van der Waals surface area contributed by atoms with Gasteiger partial charge in [-0.1, -0.05) is 52.2 Å². The van der Waals surface area contributed by atoms with E-state index in [9.17, 15) is 9.90 Å². The quantitative estimate of drug-likeness (QED) is 0.127. The minimum Gasteiger partial charge on any atom is -0.511 e. The summed E-state index contributed by atoms with van der Waals surface area (Å²) in [5, 5.41) is 12.2. The average Bonchev–Trinajstić information content (AvgIpc) is 2.86. The maximum absolute atomic E-state index is 9.60. The molecule has 205 valence electrons. The number of nitrogens with zero attached hydrogens (tertiary/aromatic N) is 1. The molecule has 3 nitrogen and oxygen atoms in total. The van der Waals surface area contributed by atoms with E-state index in [2.05, 4.69) is 36.4 Å². The maximum Gasteiger partial charge on any atom is 0.325 e. The first-order chi connectivity index (χ1) is 17.4. The summed E-state index contributed by atoms with van der Waals surface area (Å²) in [4.78, 5) is 14.4. The molecule has 0 saturated carbocycles. The summed E-state index contributed by atoms with van der Waals surface area (Å²) in [7, 11) is 0. The normalized spacial score (nSPS) is 15.5. The molecule has 0 fully saturated rings. The van der Waals surface area contributed by atoms with Crippen LogP contribution in [0.4, 0.5) is 0 Å². The first kappa shape index (κ1) is 30.3. The summed E-state index contributed by atoms with van der Waals surface area (Å²) in [5.41, 5.74) is 7.84. The van der Waals surface area contributed by atoms with E-state index < -0.39 is 0 Å². The molecule has 0 saturated heterocycles. The van der Waals surface area contributed by atoms with E-state index >= 15 is 0 Å². The van der Waals surface area contributed by atoms with Crippen molar-refractivity contribution in [3.63, 3.8) is 0 Å². The van der Waals surface area contributed by atoms with Crippen LogP contribution >= 0.6 is 0 Å². The van der Waals surface area contributed by atoms with Crippen molar-refractivity contribution in [1.29, 1.82) is 0 Å². The molecule has 0 amide bonds. The van der Waals surface area contributed by atoms with Gasteiger partial charge in [0.25, 0.3) is 0 Å². The van der Waals surface area contributed by atoms with Crippen molar-refractivity contribution in [3.05, 3.63) is 76.7 Å². The van der Waals surface area contributed by atoms with Crippen molar-refractivity contribution >= 4 is 16.6 Å². The molecule has 2 aliphatic carbocycles. The molecule has 3 aromatic rings. The van der Waals surface area contributed by atoms with Crippen LogP contribution in [-0.2, 0) is 45.8 Å². The predicted octanol–water partition coefficient (Wildman–Crippen LogP) is 8.52. The summed E-state index contributed by atoms with van der Waals surface area (Å²) in [6.45, 7) is 11.4. The molecule has 2 N–H and O–H groups in total. The molecule has 0 spiro atoms. The first-order valence-corrected chi connectivity index (χ1v) is 13.9. The summed E-state index contributed by atoms with van der Waals surface area (Å²) in [5.74, 6) is 0.417. The summed E-state index contributed by atoms with van der Waals surface area (Å²) in [6, 6.07) is 14.9. The van der Waals surface area contributed by atoms with Crippen LogP contribution < -0.4 is 0 Å². The number of hydrogen-bond acceptors (Lipinski definition) is 2. The zero-order chi connectivity index (χ0) is 26.8. The third-order valence-corrected chi connectivity index (χ3v) is 7.60. The van der Waals surface area contributed by atoms with Gasteiger partial charge >= 0.3 is 5.78 Å². The molecular formula is C34H43IrNO2. The Kier molecular flexibility index (Phi) is 9.76. The monoisotopic (exact) mass is 690 g/mol. The molecular weight excluding hydrogens is 647 g/mol. The van der Waals surface area contributed by atoms with Gasteiger partial charge in [0.2, 0.25) is 0 Å². The Bertz CT molecular complexity index is 1320. The van der Waals surface area contributed by atoms with Gasteiger partial charge in [0.15, 0.2) is 0 Å². The number of aromatic nitrogens is 1. The van der Waals surface area contributed by atoms with Crippen LogP contribution in [-0.4, -0.2) is 20.7 Å². The van der Waals surface area contributed by atoms with Gasteiger partial charge in [-0.3, -0.25) is 4.79 Å². The van der Waals surface area contributed by atoms with Crippen LogP contribution in [0.2, 0.25) is 0 Å². The van der Waals surface area contributed by atoms with Gasteiger partial charge in [-0.25, -0.2) is 0 Å². The minimum absolute atomic E-state index is 0. The van der Waals surface area contributed by atoms with Crippen LogP contribution in [0.1, 0.15) is 89.5 Å². The molecule has 1 radical (unpaired) electrons. The van der Waals surface area contributed by atoms with Gasteiger partial charge < -0.3 is 10.1 Å². The average molecular weight is 690 g/mol. The third-order valence-electron chi connectivity index (χ3n) is 7.60. The fourth-order valence-corrected chi connectivity index (χ4v) is 5.09. The Labute approximate surface area is 242 Å². The van der Waals surface area contributed by atoms with Crippen molar-refractivity contribution in [2.45, 2.75) is 92.9 Å². The number of hydrogen-bond donors (Lipinski definition) is 1. The molecule has 0 aliphatic heterocycles. The fraction of sp³-hybridized carbons (Fsp3) is 0.471. The largest absolute Gasteiger partial charge is 0.511 e. The summed E-state index contributed by atoms with van der Waals surface area (Å²) >= 11 is 0. The predicted molar refractivity (Wildman–Crippen MR) is 156 cm³/mol. The number of benzene rings is 2. The molecule has 4 heteroatoms. The number of aliphatic hydroxyl groups excluding tert-OH is 1. The fourth-order valence-electron chi connectivity index (χ4n) is 5.09. The molecule has 0 atom stereocenters. The Morgan fingerprint density at radius 2 is 1.47 bits per heavy atom. The zero-order valence-electron chi connectivity index (χ0n) is 23.9. The van der Waals surface area contributed by atoms with Gasteiger partial charge in [0, 0.05) is 31.7 Å². The first-order valence-electron chi connectivity index (χ1n) is 13.9. The van der Waals surface area contributed by atoms with E-state index in [4.69, 9.17) is 4.98 Å². The standard InChI is InChI=1S/C23H22N.C11H20O2.Ir/c1-2-8-18-15-22-19(14-17(18)7-1)12-13-24-23(22)21-11-5-9-16-6-3-4-10-20(16)21;1-10(2,3)8(12)7-9(13)11(4,5)6;/h5,9,12-15H,1-4,6-8,10H2;7,12H,1-6H3;/q-1;;/p+1/b;8-7-;. The molecule has 1 aromatic heterocycles. The van der Waals surface area contributed by atoms with Crippen molar-refractivity contribution < 1.29 is 30.0 Å². The van der Waals surface area contributed by atoms with E-state index in [-0.39, 0.29) is 42.5 Å². The van der Waals surface area contributed by atoms with Gasteiger partial charge in [0.1, 0.15) is 5.76 Å². The number of rotatable bonds is 2. The van der Waals surface area contributed by atoms with Crippen LogP contribution in [0.25, 0.3) is 22.0 Å². The van der Waals surface area contributed by atoms with Crippen LogP contribution in [0.15, 0.2) is 48.4 Å². The van der Waals surface area contributed by atoms with E-state index in [1.807, 2.05) is 47.7 Å². The van der Waals surface area contributed by atoms with E-state index in [1.54, 1.807) is 5.56 Å². The smallest absolute Gasteiger partial charge is 0.325 e. The number of pyridine rings is 1. The Morgan fingerprint density at radius 1 is 0.868 bits per heavy atom. The summed E-state index contributed by atoms with van der Waals surface area (Å²) in [6.07, 6.45) is 13.5. The number of carbonyl (C=O) groups excluding carboxylic acids is 1. The van der Waals surface area contributed by atoms with Gasteiger partial charge in [0.05, 0.1) is 11.5 Å². The van der Waals surface area contributed by atoms with Gasteiger partial charge in [-0.05, 0) is 86.5 Å². The molecule has 38 heavy (non-hydrogen) atoms. The topological polar surface area (TPSA) is 54.5 Å². The molecule has 2 aliphatic rings. The Hall–Kier alpha value is -2.29. The third kappa shape index (κ3) is 7.01. The van der Waals surface area contributed by atoms with Crippen LogP contribution in [0.5, 0.6) is 0 Å². The van der Waals surface area contributed by atoms with Gasteiger partial charge in [-0.2, -0.15) is 0 Å². The molecule has 2 aromatic carbocycles. The second-order valence-electron chi connectivity index (χ2n) is 12.7. The number of aliphatic hydroxyl groups is 1. The second kappa shape index (κ2) is 12.3. The molecule has 0 bridgehead atoms. The SMILES string of the molecule is CC(C)(C)C(=[OH+])/C=C(\O)C(C)(C)C.[Ir].[c-]1ccc2c(c1-c1nccc3cc4c(cc13)CCCC4)CCCC2. The van der Waals surface area contributed by atoms with Crippen molar-refractivity contribution in [2.75, 3.05) is 0 Å². The van der Waals surface area contributed by atoms with Crippen molar-refractivity contribution in [3.8, 4) is 11.3 Å². The maximum atomic E-state index is 9.60. The molecule has 5 rings (SSSR count). The van der Waals surface area contributed by atoms with Crippen molar-refractivity contribution in [2.24, 2.45) is 10.8 Å².